The Morgan fingerprint density at radius 3 is 2.93 bits per heavy atom. The molecule has 0 aliphatic carbocycles. The van der Waals surface area contributed by atoms with Crippen LogP contribution in [0.25, 0.3) is 0 Å². The van der Waals surface area contributed by atoms with Gasteiger partial charge in [-0.3, -0.25) is 9.52 Å². The van der Waals surface area contributed by atoms with Crippen LogP contribution in [0.15, 0.2) is 6.33 Å². The Hall–Kier alpha value is -1.64. The van der Waals surface area contributed by atoms with Crippen LogP contribution in [0.4, 0.5) is 5.95 Å². The van der Waals surface area contributed by atoms with Gasteiger partial charge >= 0.3 is 5.97 Å². The van der Waals surface area contributed by atoms with Gasteiger partial charge in [-0.15, -0.1) is 0 Å². The molecule has 9 heteroatoms. The zero-order chi connectivity index (χ0) is 10.6. The van der Waals surface area contributed by atoms with E-state index >= 15 is 0 Å². The molecule has 0 spiro atoms. The van der Waals surface area contributed by atoms with Crippen LogP contribution in [0.3, 0.4) is 0 Å². The predicted molar refractivity (Wildman–Crippen MR) is 45.8 cm³/mol. The van der Waals surface area contributed by atoms with Gasteiger partial charge < -0.3 is 4.74 Å². The van der Waals surface area contributed by atoms with Crippen molar-refractivity contribution in [1.82, 2.24) is 15.2 Å². The highest BCUT2D eigenvalue weighted by atomic mass is 32.2. The first-order valence-electron chi connectivity index (χ1n) is 3.46. The summed E-state index contributed by atoms with van der Waals surface area (Å²) in [6.45, 7) is 0. The second-order valence-electron chi connectivity index (χ2n) is 2.27. The number of hydrogen-bond acceptors (Lipinski definition) is 6. The van der Waals surface area contributed by atoms with Crippen LogP contribution in [0.2, 0.25) is 0 Å². The number of aromatic nitrogens is 3. The molecule has 0 saturated carbocycles. The van der Waals surface area contributed by atoms with Crippen molar-refractivity contribution in [2.45, 2.75) is 0 Å². The fourth-order valence-corrected chi connectivity index (χ4v) is 1.55. The van der Waals surface area contributed by atoms with Crippen LogP contribution < -0.4 is 4.72 Å². The Morgan fingerprint density at radius 2 is 2.43 bits per heavy atom. The predicted octanol–water partition coefficient (Wildman–Crippen LogP) is -1.28. The van der Waals surface area contributed by atoms with E-state index in [1.807, 2.05) is 4.72 Å². The minimum atomic E-state index is -3.77. The highest BCUT2D eigenvalue weighted by Gasteiger charge is 2.17. The van der Waals surface area contributed by atoms with E-state index in [0.29, 0.717) is 0 Å². The molecular weight excluding hydrogens is 212 g/mol. The third kappa shape index (κ3) is 3.01. The molecule has 1 heterocycles. The van der Waals surface area contributed by atoms with Crippen LogP contribution in [-0.4, -0.2) is 42.4 Å². The molecule has 0 unspecified atom stereocenters. The average Bonchev–Trinajstić information content (AvgIpc) is 2.54. The summed E-state index contributed by atoms with van der Waals surface area (Å²) in [6.07, 6.45) is 1.13. The van der Waals surface area contributed by atoms with Gasteiger partial charge in [0, 0.05) is 0 Å². The number of ether oxygens (including phenoxy) is 1. The summed E-state index contributed by atoms with van der Waals surface area (Å²) in [5.41, 5.74) is 0. The van der Waals surface area contributed by atoms with Gasteiger partial charge in [-0.2, -0.15) is 10.1 Å². The van der Waals surface area contributed by atoms with Crippen LogP contribution >= 0.6 is 0 Å². The van der Waals surface area contributed by atoms with Crippen molar-refractivity contribution in [1.29, 1.82) is 0 Å². The third-order valence-corrected chi connectivity index (χ3v) is 2.32. The van der Waals surface area contributed by atoms with Gasteiger partial charge in [-0.25, -0.2) is 13.5 Å². The number of hydrogen-bond donors (Lipinski definition) is 2. The highest BCUT2D eigenvalue weighted by Crippen LogP contribution is 1.98. The standard InChI is InChI=1S/C5H8N4O4S/c1-13-4(10)2-14(11,12)9-5-6-3-7-8-5/h3H,2H2,1H3,(H2,6,7,8,9). The average molecular weight is 220 g/mol. The number of nitrogens with zero attached hydrogens (tertiary/aromatic N) is 2. The Labute approximate surface area is 79.7 Å². The highest BCUT2D eigenvalue weighted by molar-refractivity contribution is 7.93. The Kier molecular flexibility index (Phi) is 3.02. The monoisotopic (exact) mass is 220 g/mol. The molecule has 0 radical (unpaired) electrons. The second kappa shape index (κ2) is 4.05. The first kappa shape index (κ1) is 10.4. The number of esters is 1. The molecule has 0 aliphatic rings. The lowest BCUT2D eigenvalue weighted by atomic mass is 10.8. The number of anilines is 1. The number of sulfonamides is 1. The van der Waals surface area contributed by atoms with E-state index in [0.717, 1.165) is 13.4 Å². The molecule has 2 N–H and O–H groups in total. The molecule has 1 aromatic heterocycles. The molecule has 1 aromatic rings. The molecule has 8 nitrogen and oxygen atoms in total. The summed E-state index contributed by atoms with van der Waals surface area (Å²) in [7, 11) is -2.67. The van der Waals surface area contributed by atoms with Crippen molar-refractivity contribution < 1.29 is 17.9 Å². The van der Waals surface area contributed by atoms with Crippen molar-refractivity contribution in [3.05, 3.63) is 6.33 Å². The maximum absolute atomic E-state index is 11.2. The summed E-state index contributed by atoms with van der Waals surface area (Å²) < 4.78 is 28.5. The van der Waals surface area contributed by atoms with Crippen LogP contribution in [0.1, 0.15) is 0 Å². The van der Waals surface area contributed by atoms with E-state index < -0.39 is 21.7 Å². The smallest absolute Gasteiger partial charge is 0.322 e. The van der Waals surface area contributed by atoms with Crippen LogP contribution in [-0.2, 0) is 19.6 Å². The van der Waals surface area contributed by atoms with Gasteiger partial charge in [0.2, 0.25) is 16.0 Å². The van der Waals surface area contributed by atoms with Crippen molar-refractivity contribution in [2.24, 2.45) is 0 Å². The van der Waals surface area contributed by atoms with Gasteiger partial charge in [0.25, 0.3) is 0 Å². The molecule has 0 atom stereocenters. The van der Waals surface area contributed by atoms with Crippen LogP contribution in [0, 0.1) is 0 Å². The lowest BCUT2D eigenvalue weighted by molar-refractivity contribution is -0.137. The number of H-pyrrole nitrogens is 1. The van der Waals surface area contributed by atoms with E-state index in [9.17, 15) is 13.2 Å². The van der Waals surface area contributed by atoms with Gasteiger partial charge in [-0.05, 0) is 0 Å². The lowest BCUT2D eigenvalue weighted by Gasteiger charge is -2.02. The largest absolute Gasteiger partial charge is 0.468 e. The summed E-state index contributed by atoms with van der Waals surface area (Å²) >= 11 is 0. The van der Waals surface area contributed by atoms with E-state index in [1.54, 1.807) is 0 Å². The third-order valence-electron chi connectivity index (χ3n) is 1.20. The Bertz CT molecular complexity index is 397. The quantitative estimate of drug-likeness (QED) is 0.611. The molecule has 0 aliphatic heterocycles. The van der Waals surface area contributed by atoms with E-state index in [2.05, 4.69) is 19.9 Å². The zero-order valence-electron chi connectivity index (χ0n) is 7.22. The fraction of sp³-hybridized carbons (Fsp3) is 0.400. The molecule has 14 heavy (non-hydrogen) atoms. The molecule has 1 rings (SSSR count). The maximum Gasteiger partial charge on any atom is 0.322 e. The van der Waals surface area contributed by atoms with Crippen LogP contribution in [0.5, 0.6) is 0 Å². The topological polar surface area (TPSA) is 114 Å². The summed E-state index contributed by atoms with van der Waals surface area (Å²) in [6, 6.07) is 0. The molecule has 0 amide bonds. The van der Waals surface area contributed by atoms with E-state index in [4.69, 9.17) is 0 Å². The molecular formula is C5H8N4O4S. The van der Waals surface area contributed by atoms with E-state index in [1.165, 1.54) is 0 Å². The van der Waals surface area contributed by atoms with Gasteiger partial charge in [0.1, 0.15) is 6.33 Å². The fourth-order valence-electron chi connectivity index (χ4n) is 0.652. The Morgan fingerprint density at radius 1 is 1.71 bits per heavy atom. The van der Waals surface area contributed by atoms with Gasteiger partial charge in [0.15, 0.2) is 5.75 Å². The zero-order valence-corrected chi connectivity index (χ0v) is 8.04. The molecule has 78 valence electrons. The first-order valence-corrected chi connectivity index (χ1v) is 5.11. The molecule has 0 bridgehead atoms. The molecule has 0 fully saturated rings. The number of aromatic amines is 1. The number of methoxy groups -OCH3 is 1. The SMILES string of the molecule is COC(=O)CS(=O)(=O)Nc1ncn[nH]1. The number of carbonyl (C=O) groups is 1. The number of carbonyl (C=O) groups excluding carboxylic acids is 1. The summed E-state index contributed by atoms with van der Waals surface area (Å²) in [4.78, 5) is 14.2. The number of nitrogens with one attached hydrogen (secondary N) is 2. The first-order chi connectivity index (χ1) is 6.53. The lowest BCUT2D eigenvalue weighted by Crippen LogP contribution is -2.24. The minimum Gasteiger partial charge on any atom is -0.468 e. The normalized spacial score (nSPS) is 10.9. The van der Waals surface area contributed by atoms with E-state index in [-0.39, 0.29) is 5.95 Å². The summed E-state index contributed by atoms with van der Waals surface area (Å²) in [5.74, 6) is -1.66. The van der Waals surface area contributed by atoms with Gasteiger partial charge in [-0.1, -0.05) is 0 Å². The van der Waals surface area contributed by atoms with Gasteiger partial charge in [0.05, 0.1) is 7.11 Å². The van der Waals surface area contributed by atoms with Crippen molar-refractivity contribution in [2.75, 3.05) is 17.6 Å². The van der Waals surface area contributed by atoms with Crippen molar-refractivity contribution >= 4 is 21.9 Å². The molecule has 0 aromatic carbocycles. The second-order valence-corrected chi connectivity index (χ2v) is 3.99. The summed E-state index contributed by atoms with van der Waals surface area (Å²) in [5, 5.41) is 5.71. The molecule has 0 saturated heterocycles. The Balaban J connectivity index is 2.64. The number of rotatable bonds is 4. The maximum atomic E-state index is 11.2. The van der Waals surface area contributed by atoms with Crippen molar-refractivity contribution in [3.63, 3.8) is 0 Å². The van der Waals surface area contributed by atoms with Crippen molar-refractivity contribution in [3.8, 4) is 0 Å². The minimum absolute atomic E-state index is 0.0473.